The van der Waals surface area contributed by atoms with E-state index in [1.54, 1.807) is 4.90 Å². The fourth-order valence-corrected chi connectivity index (χ4v) is 5.67. The average Bonchev–Trinajstić information content (AvgIpc) is 3.56. The Balaban J connectivity index is 1.18. The number of rotatable bonds is 8. The van der Waals surface area contributed by atoms with Crippen LogP contribution in [-0.2, 0) is 14.3 Å². The van der Waals surface area contributed by atoms with Crippen LogP contribution in [0.15, 0.2) is 48.5 Å². The maximum Gasteiger partial charge on any atom is 0.407 e. The van der Waals surface area contributed by atoms with Gasteiger partial charge in [0.05, 0.1) is 6.42 Å². The SMILES string of the molecule is C[C@@H]1CN(C(=O)CC(NC(=O)OCC2c3ccccc3-c3ccccc32)C2CC2)C[C@H]1CC(=O)O. The number of ether oxygens (including phenoxy) is 1. The molecule has 1 heterocycles. The number of carbonyl (C=O) groups excluding carboxylic acids is 2. The Kier molecular flexibility index (Phi) is 6.50. The van der Waals surface area contributed by atoms with Crippen LogP contribution < -0.4 is 5.32 Å². The Morgan fingerprint density at radius 2 is 1.66 bits per heavy atom. The lowest BCUT2D eigenvalue weighted by molar-refractivity contribution is -0.138. The molecule has 1 aliphatic heterocycles. The zero-order chi connectivity index (χ0) is 24.5. The minimum absolute atomic E-state index is 0.00795. The number of alkyl carbamates (subject to hydrolysis) is 1. The van der Waals surface area contributed by atoms with E-state index in [2.05, 4.69) is 29.6 Å². The molecule has 5 rings (SSSR count). The van der Waals surface area contributed by atoms with Gasteiger partial charge >= 0.3 is 12.1 Å². The van der Waals surface area contributed by atoms with Crippen LogP contribution >= 0.6 is 0 Å². The number of hydrogen-bond donors (Lipinski definition) is 2. The molecule has 7 heteroatoms. The number of carboxylic acids is 1. The smallest absolute Gasteiger partial charge is 0.407 e. The number of likely N-dealkylation sites (tertiary alicyclic amines) is 1. The minimum atomic E-state index is -0.830. The van der Waals surface area contributed by atoms with Crippen molar-refractivity contribution in [3.05, 3.63) is 59.7 Å². The fourth-order valence-electron chi connectivity index (χ4n) is 5.67. The molecule has 184 valence electrons. The van der Waals surface area contributed by atoms with Crippen molar-refractivity contribution >= 4 is 18.0 Å². The molecule has 2 amide bonds. The Morgan fingerprint density at radius 1 is 1.03 bits per heavy atom. The van der Waals surface area contributed by atoms with Gasteiger partial charge in [0.1, 0.15) is 6.61 Å². The highest BCUT2D eigenvalue weighted by molar-refractivity contribution is 5.80. The van der Waals surface area contributed by atoms with E-state index in [1.807, 2.05) is 31.2 Å². The van der Waals surface area contributed by atoms with Crippen molar-refractivity contribution in [2.24, 2.45) is 17.8 Å². The van der Waals surface area contributed by atoms with E-state index in [-0.39, 0.29) is 55.1 Å². The van der Waals surface area contributed by atoms with Crippen LogP contribution in [0.1, 0.15) is 49.7 Å². The number of nitrogens with zero attached hydrogens (tertiary/aromatic N) is 1. The third kappa shape index (κ3) is 5.04. The Labute approximate surface area is 205 Å². The summed E-state index contributed by atoms with van der Waals surface area (Å²) in [6.07, 6.45) is 1.78. The molecule has 2 aromatic carbocycles. The standard InChI is InChI=1S/C28H32N2O5/c1-17-14-30(15-19(17)12-27(32)33)26(31)13-25(18-10-11-18)29-28(34)35-16-24-22-8-4-2-6-20(22)21-7-3-5-9-23(21)24/h2-9,17-19,24-25H,10-16H2,1H3,(H,29,34)(H,32,33)/t17-,19-,25?/m1/s1. The summed E-state index contributed by atoms with van der Waals surface area (Å²) >= 11 is 0. The second kappa shape index (κ2) is 9.72. The van der Waals surface area contributed by atoms with Crippen molar-refractivity contribution in [2.75, 3.05) is 19.7 Å². The van der Waals surface area contributed by atoms with E-state index in [0.717, 1.165) is 24.0 Å². The highest BCUT2D eigenvalue weighted by Gasteiger charge is 2.38. The van der Waals surface area contributed by atoms with Crippen LogP contribution in [0.3, 0.4) is 0 Å². The van der Waals surface area contributed by atoms with Gasteiger partial charge in [-0.3, -0.25) is 9.59 Å². The molecule has 1 saturated heterocycles. The number of fused-ring (bicyclic) bond motifs is 3. The predicted octanol–water partition coefficient (Wildman–Crippen LogP) is 4.26. The van der Waals surface area contributed by atoms with Crippen molar-refractivity contribution in [1.82, 2.24) is 10.2 Å². The molecular formula is C28H32N2O5. The van der Waals surface area contributed by atoms with Gasteiger partial charge in [-0.15, -0.1) is 0 Å². The number of amides is 2. The van der Waals surface area contributed by atoms with Gasteiger partial charge in [0.2, 0.25) is 5.91 Å². The van der Waals surface area contributed by atoms with Crippen molar-refractivity contribution in [2.45, 2.75) is 44.6 Å². The molecule has 2 fully saturated rings. The summed E-state index contributed by atoms with van der Waals surface area (Å²) in [5, 5.41) is 12.1. The van der Waals surface area contributed by atoms with E-state index in [0.29, 0.717) is 13.1 Å². The molecule has 2 N–H and O–H groups in total. The lowest BCUT2D eigenvalue weighted by Crippen LogP contribution is -2.42. The molecule has 1 saturated carbocycles. The van der Waals surface area contributed by atoms with Gasteiger partial charge in [-0.25, -0.2) is 4.79 Å². The van der Waals surface area contributed by atoms with Gasteiger partial charge in [-0.1, -0.05) is 55.5 Å². The maximum absolute atomic E-state index is 13.0. The number of carbonyl (C=O) groups is 3. The zero-order valence-corrected chi connectivity index (χ0v) is 20.0. The summed E-state index contributed by atoms with van der Waals surface area (Å²) in [4.78, 5) is 38.6. The van der Waals surface area contributed by atoms with Gasteiger partial charge in [-0.05, 0) is 52.8 Å². The summed E-state index contributed by atoms with van der Waals surface area (Å²) in [6, 6.07) is 16.2. The molecule has 3 aliphatic rings. The molecule has 0 spiro atoms. The summed E-state index contributed by atoms with van der Waals surface area (Å²) in [5.41, 5.74) is 4.68. The van der Waals surface area contributed by atoms with Crippen LogP contribution in [0, 0.1) is 17.8 Å². The number of benzene rings is 2. The molecule has 3 atom stereocenters. The summed E-state index contributed by atoms with van der Waals surface area (Å²) in [6.45, 7) is 3.27. The number of aliphatic carboxylic acids is 1. The van der Waals surface area contributed by atoms with Crippen molar-refractivity contribution in [3.63, 3.8) is 0 Å². The zero-order valence-electron chi connectivity index (χ0n) is 20.0. The quantitative estimate of drug-likeness (QED) is 0.593. The van der Waals surface area contributed by atoms with E-state index in [1.165, 1.54) is 11.1 Å². The number of nitrogens with one attached hydrogen (secondary N) is 1. The molecule has 0 bridgehead atoms. The third-order valence-electron chi connectivity index (χ3n) is 7.79. The van der Waals surface area contributed by atoms with Gasteiger partial charge in [0, 0.05) is 31.5 Å². The van der Waals surface area contributed by atoms with Crippen molar-refractivity contribution in [3.8, 4) is 11.1 Å². The lowest BCUT2D eigenvalue weighted by Gasteiger charge is -2.23. The number of carboxylic acid groups (broad SMARTS) is 1. The van der Waals surface area contributed by atoms with Crippen LogP contribution in [0.4, 0.5) is 4.79 Å². The molecule has 0 aromatic heterocycles. The topological polar surface area (TPSA) is 95.9 Å². The van der Waals surface area contributed by atoms with E-state index in [9.17, 15) is 14.4 Å². The first-order valence-corrected chi connectivity index (χ1v) is 12.5. The molecule has 2 aromatic rings. The predicted molar refractivity (Wildman–Crippen MR) is 131 cm³/mol. The second-order valence-corrected chi connectivity index (χ2v) is 10.3. The Hall–Kier alpha value is -3.35. The van der Waals surface area contributed by atoms with E-state index in [4.69, 9.17) is 9.84 Å². The van der Waals surface area contributed by atoms with Crippen molar-refractivity contribution < 1.29 is 24.2 Å². The first-order valence-electron chi connectivity index (χ1n) is 12.5. The molecule has 2 aliphatic carbocycles. The summed E-state index contributed by atoms with van der Waals surface area (Å²) in [5.74, 6) is -0.444. The fraction of sp³-hybridized carbons (Fsp3) is 0.464. The second-order valence-electron chi connectivity index (χ2n) is 10.3. The first kappa shape index (κ1) is 23.4. The molecule has 7 nitrogen and oxygen atoms in total. The molecule has 35 heavy (non-hydrogen) atoms. The highest BCUT2D eigenvalue weighted by Crippen LogP contribution is 2.44. The van der Waals surface area contributed by atoms with Crippen LogP contribution in [0.5, 0.6) is 0 Å². The van der Waals surface area contributed by atoms with E-state index >= 15 is 0 Å². The number of hydrogen-bond acceptors (Lipinski definition) is 4. The lowest BCUT2D eigenvalue weighted by atomic mass is 9.95. The highest BCUT2D eigenvalue weighted by atomic mass is 16.5. The molecular weight excluding hydrogens is 444 g/mol. The summed E-state index contributed by atoms with van der Waals surface area (Å²) in [7, 11) is 0. The molecule has 0 radical (unpaired) electrons. The maximum atomic E-state index is 13.0. The van der Waals surface area contributed by atoms with Crippen LogP contribution in [0.2, 0.25) is 0 Å². The average molecular weight is 477 g/mol. The first-order chi connectivity index (χ1) is 16.9. The van der Waals surface area contributed by atoms with E-state index < -0.39 is 12.1 Å². The normalized spacial score (nSPS) is 21.8. The van der Waals surface area contributed by atoms with Gasteiger partial charge in [-0.2, -0.15) is 0 Å². The van der Waals surface area contributed by atoms with Crippen molar-refractivity contribution in [1.29, 1.82) is 0 Å². The Bertz CT molecular complexity index is 1080. The minimum Gasteiger partial charge on any atom is -0.481 e. The largest absolute Gasteiger partial charge is 0.481 e. The Morgan fingerprint density at radius 3 is 2.26 bits per heavy atom. The molecule has 1 unspecified atom stereocenters. The monoisotopic (exact) mass is 476 g/mol. The van der Waals surface area contributed by atoms with Gasteiger partial charge in [0.15, 0.2) is 0 Å². The van der Waals surface area contributed by atoms with Gasteiger partial charge < -0.3 is 20.1 Å². The van der Waals surface area contributed by atoms with Crippen LogP contribution in [0.25, 0.3) is 11.1 Å². The summed E-state index contributed by atoms with van der Waals surface area (Å²) < 4.78 is 5.69. The van der Waals surface area contributed by atoms with Gasteiger partial charge in [0.25, 0.3) is 0 Å². The third-order valence-corrected chi connectivity index (χ3v) is 7.79. The van der Waals surface area contributed by atoms with Crippen LogP contribution in [-0.4, -0.2) is 53.7 Å².